The largest absolute Gasteiger partial charge is 0.422 e. The van der Waals surface area contributed by atoms with Gasteiger partial charge < -0.3 is 14.6 Å². The summed E-state index contributed by atoms with van der Waals surface area (Å²) >= 11 is 0. The van der Waals surface area contributed by atoms with Gasteiger partial charge in [0.05, 0.1) is 18.8 Å². The molecule has 0 unspecified atom stereocenters. The van der Waals surface area contributed by atoms with Gasteiger partial charge in [-0.2, -0.15) is 0 Å². The molecule has 110 valence electrons. The third kappa shape index (κ3) is 2.86. The fourth-order valence-corrected chi connectivity index (χ4v) is 2.24. The topological polar surface area (TPSA) is 70.7 Å². The quantitative estimate of drug-likeness (QED) is 0.399. The molecule has 0 aliphatic heterocycles. The van der Waals surface area contributed by atoms with E-state index in [0.29, 0.717) is 16.7 Å². The minimum Gasteiger partial charge on any atom is -0.422 e. The number of hydrogen-bond acceptors (Lipinski definition) is 4. The van der Waals surface area contributed by atoms with Crippen LogP contribution in [0.15, 0.2) is 57.7 Å². The number of aliphatic hydroxyl groups is 2. The molecular formula is C17H14O4Sg2. The van der Waals surface area contributed by atoms with Gasteiger partial charge >= 0.3 is 5.63 Å². The van der Waals surface area contributed by atoms with Crippen molar-refractivity contribution in [3.05, 3.63) is 70.1 Å². The van der Waals surface area contributed by atoms with Crippen LogP contribution in [-0.4, -0.2) is 10.2 Å². The van der Waals surface area contributed by atoms with Crippen LogP contribution in [0.25, 0.3) is 22.1 Å². The first-order valence-corrected chi connectivity index (χ1v) is 6.59. The summed E-state index contributed by atoms with van der Waals surface area (Å²) in [6.45, 7) is -0.124. The Morgan fingerprint density at radius 2 is 1.43 bits per heavy atom. The summed E-state index contributed by atoms with van der Waals surface area (Å²) < 4.78 is 5.33. The number of hydrogen-bond donors (Lipinski definition) is 2. The summed E-state index contributed by atoms with van der Waals surface area (Å²) in [6.07, 6.45) is 0. The summed E-state index contributed by atoms with van der Waals surface area (Å²) in [6, 6.07) is 14.2. The first-order valence-electron chi connectivity index (χ1n) is 6.59. The van der Waals surface area contributed by atoms with Gasteiger partial charge in [0.15, 0.2) is 0 Å². The van der Waals surface area contributed by atoms with Gasteiger partial charge in [-0.1, -0.05) is 36.4 Å². The summed E-state index contributed by atoms with van der Waals surface area (Å²) in [7, 11) is 0. The van der Waals surface area contributed by atoms with Gasteiger partial charge in [0.2, 0.25) is 0 Å². The van der Waals surface area contributed by atoms with Crippen LogP contribution in [0.5, 0.6) is 0 Å². The van der Waals surface area contributed by atoms with Crippen molar-refractivity contribution in [3.63, 3.8) is 0 Å². The van der Waals surface area contributed by atoms with E-state index >= 15 is 0 Å². The summed E-state index contributed by atoms with van der Waals surface area (Å²) in [5.41, 5.74) is 2.75. The van der Waals surface area contributed by atoms with Gasteiger partial charge in [-0.05, 0) is 28.8 Å². The Kier molecular flexibility index (Phi) is 4.59. The molecule has 1 heterocycles. The summed E-state index contributed by atoms with van der Waals surface area (Å²) in [5, 5.41) is 19.0. The van der Waals surface area contributed by atoms with Crippen LogP contribution < -0.4 is 5.63 Å². The van der Waals surface area contributed by atoms with Gasteiger partial charge in [-0.15, -0.1) is 0 Å². The Labute approximate surface area is 120 Å². The van der Waals surface area contributed by atoms with E-state index in [9.17, 15) is 4.79 Å². The minimum absolute atomic E-state index is 0. The molecule has 0 saturated carbocycles. The number of rotatable bonds is 3. The molecule has 3 rings (SSSR count). The third-order valence-electron chi connectivity index (χ3n) is 3.43. The Morgan fingerprint density at radius 1 is 0.826 bits per heavy atom. The molecule has 0 bridgehead atoms. The van der Waals surface area contributed by atoms with E-state index in [1.54, 1.807) is 42.5 Å². The second-order valence-corrected chi connectivity index (χ2v) is 4.83. The van der Waals surface area contributed by atoms with Crippen molar-refractivity contribution in [2.45, 2.75) is 13.2 Å². The van der Waals surface area contributed by atoms with Crippen LogP contribution in [0.2, 0.25) is 0 Å². The average molecular weight is 820 g/mol. The van der Waals surface area contributed by atoms with Crippen molar-refractivity contribution in [1.82, 2.24) is 0 Å². The molecule has 2 N–H and O–H groups in total. The molecule has 0 aliphatic carbocycles. The predicted molar refractivity (Wildman–Crippen MR) is 79.8 cm³/mol. The molecule has 1 aromatic heterocycles. The molecule has 0 radical (unpaired) electrons. The van der Waals surface area contributed by atoms with E-state index in [4.69, 9.17) is 14.6 Å². The minimum atomic E-state index is -0.422. The van der Waals surface area contributed by atoms with Crippen molar-refractivity contribution < 1.29 is 14.6 Å². The molecule has 0 spiro atoms. The van der Waals surface area contributed by atoms with Gasteiger partial charge in [0, 0.05) is 5.39 Å². The zero-order chi connectivity index (χ0) is 14.8. The second kappa shape index (κ2) is 6.35. The number of fused-ring (bicyclic) bond motifs is 1. The maximum atomic E-state index is 12.1. The standard InChI is InChI=1S/C17H14O4.2Sg/c18-9-11-1-4-13(5-2-11)15-8-14-6-3-12(10-19)7-16(14)21-17(15)20;;/h1-8,18-19H,9-10H2;;. The zero-order valence-corrected chi connectivity index (χ0v) is 25.6. The summed E-state index contributed by atoms with van der Waals surface area (Å²) in [4.78, 5) is 12.1. The first kappa shape index (κ1) is 16.6. The zero-order valence-electron chi connectivity index (χ0n) is 12.7. The molecular weight excluding hydrogens is 806 g/mol. The van der Waals surface area contributed by atoms with Crippen molar-refractivity contribution in [2.24, 2.45) is 0 Å². The number of aliphatic hydroxyl groups excluding tert-OH is 2. The molecule has 0 saturated heterocycles. The van der Waals surface area contributed by atoms with Crippen LogP contribution in [0.4, 0.5) is 0 Å². The van der Waals surface area contributed by atoms with Crippen LogP contribution in [0.1, 0.15) is 11.1 Å². The molecule has 0 aliphatic rings. The van der Waals surface area contributed by atoms with Gasteiger partial charge in [0.25, 0.3) is 0 Å². The van der Waals surface area contributed by atoms with E-state index in [1.807, 2.05) is 6.07 Å². The van der Waals surface area contributed by atoms with Crippen molar-refractivity contribution in [2.75, 3.05) is 0 Å². The molecule has 0 amide bonds. The molecule has 3 aromatic rings. The van der Waals surface area contributed by atoms with Crippen LogP contribution >= 0.6 is 0 Å². The Morgan fingerprint density at radius 3 is 2.04 bits per heavy atom. The molecule has 0 atom stereocenters. The number of benzene rings is 2. The SMILES string of the molecule is O=c1oc2cc(CO)ccc2cc1-c1ccc(CO)cc1.[Sg].[Sg]. The Bertz CT molecular complexity index is 841. The maximum absolute atomic E-state index is 12.1. The third-order valence-corrected chi connectivity index (χ3v) is 3.43. The van der Waals surface area contributed by atoms with E-state index in [2.05, 4.69) is 0 Å². The predicted octanol–water partition coefficient (Wildman–Crippen LogP) is 2.44. The van der Waals surface area contributed by atoms with E-state index in [-0.39, 0.29) is 13.2 Å². The first-order chi connectivity index (χ1) is 10.2. The van der Waals surface area contributed by atoms with Crippen molar-refractivity contribution >= 4 is 11.0 Å². The fraction of sp³-hybridized carbons (Fsp3) is 0.118. The molecule has 23 heavy (non-hydrogen) atoms. The average Bonchev–Trinajstić information content (AvgIpc) is 2.53. The molecule has 0 fully saturated rings. The molecule has 6 heteroatoms. The smallest absolute Gasteiger partial charge is 0.344 e. The fourth-order valence-electron chi connectivity index (χ4n) is 2.24. The maximum Gasteiger partial charge on any atom is 0.344 e. The normalized spacial score (nSPS) is 10.0. The van der Waals surface area contributed by atoms with Gasteiger partial charge in [0.1, 0.15) is 5.58 Å². The second-order valence-electron chi connectivity index (χ2n) is 4.83. The molecule has 2 aromatic carbocycles. The van der Waals surface area contributed by atoms with Crippen molar-refractivity contribution in [1.29, 1.82) is 0 Å². The van der Waals surface area contributed by atoms with Crippen LogP contribution in [-0.2, 0) is 13.2 Å². The van der Waals surface area contributed by atoms with Crippen molar-refractivity contribution in [3.8, 4) is 11.1 Å². The van der Waals surface area contributed by atoms with Gasteiger partial charge in [-0.25, -0.2) is 4.79 Å². The van der Waals surface area contributed by atoms with E-state index in [0.717, 1.165) is 16.5 Å². The monoisotopic (exact) mass is 824 g/mol. The van der Waals surface area contributed by atoms with Crippen LogP contribution in [0.3, 0.4) is 0 Å². The van der Waals surface area contributed by atoms with E-state index < -0.39 is 5.63 Å². The Balaban J connectivity index is 0.00000132. The van der Waals surface area contributed by atoms with E-state index in [1.165, 1.54) is 0 Å². The summed E-state index contributed by atoms with van der Waals surface area (Å²) in [5.74, 6) is 0. The van der Waals surface area contributed by atoms with Gasteiger partial charge in [-0.3, -0.25) is 0 Å². The van der Waals surface area contributed by atoms with Crippen LogP contribution in [0, 0.1) is 0 Å². The Hall–Kier alpha value is -4.43. The molecule has 4 nitrogen and oxygen atoms in total.